The first-order chi connectivity index (χ1) is 17.1. The third-order valence-corrected chi connectivity index (χ3v) is 7.53. The van der Waals surface area contributed by atoms with Crippen molar-refractivity contribution in [3.8, 4) is 11.1 Å². The number of carbonyl (C=O) groups excluding carboxylic acids is 1. The first-order valence-electron chi connectivity index (χ1n) is 12.6. The van der Waals surface area contributed by atoms with Gasteiger partial charge in [0.1, 0.15) is 5.65 Å². The van der Waals surface area contributed by atoms with Gasteiger partial charge in [0, 0.05) is 56.1 Å². The number of morpholine rings is 2. The molecule has 1 aromatic carbocycles. The maximum Gasteiger partial charge on any atom is 0.320 e. The summed E-state index contributed by atoms with van der Waals surface area (Å²) in [7, 11) is 0. The Hall–Kier alpha value is -2.94. The summed E-state index contributed by atoms with van der Waals surface area (Å²) in [6.07, 6.45) is 4.88. The van der Waals surface area contributed by atoms with Gasteiger partial charge in [-0.1, -0.05) is 6.07 Å². The average Bonchev–Trinajstić information content (AvgIpc) is 3.27. The van der Waals surface area contributed by atoms with Gasteiger partial charge in [-0.3, -0.25) is 0 Å². The lowest BCUT2D eigenvalue weighted by Gasteiger charge is -2.38. The van der Waals surface area contributed by atoms with Crippen LogP contribution in [0.4, 0.5) is 4.79 Å². The Bertz CT molecular complexity index is 1250. The third-order valence-electron chi connectivity index (χ3n) is 7.53. The van der Waals surface area contributed by atoms with Crippen molar-refractivity contribution in [2.24, 2.45) is 0 Å². The van der Waals surface area contributed by atoms with Gasteiger partial charge in [-0.05, 0) is 60.2 Å². The number of aromatic nitrogens is 2. The van der Waals surface area contributed by atoms with Crippen molar-refractivity contribution in [1.82, 2.24) is 25.1 Å². The van der Waals surface area contributed by atoms with E-state index in [2.05, 4.69) is 40.4 Å². The number of hydrogen-bond donors (Lipinski definition) is 2. The molecule has 2 N–H and O–H groups in total. The van der Waals surface area contributed by atoms with E-state index < -0.39 is 0 Å². The Balaban J connectivity index is 1.36. The molecule has 0 aliphatic carbocycles. The number of aryl methyl sites for hydroxylation is 1. The molecular formula is C27H33N5O3. The number of pyridine rings is 1. The highest BCUT2D eigenvalue weighted by Crippen LogP contribution is 2.35. The number of hydrogen-bond acceptors (Lipinski definition) is 5. The number of H-pyrrole nitrogens is 1. The second kappa shape index (κ2) is 9.26. The van der Waals surface area contributed by atoms with Crippen LogP contribution in [0.2, 0.25) is 0 Å². The smallest absolute Gasteiger partial charge is 0.320 e. The summed E-state index contributed by atoms with van der Waals surface area (Å²) in [4.78, 5) is 25.2. The van der Waals surface area contributed by atoms with Crippen molar-refractivity contribution in [1.29, 1.82) is 0 Å². The maximum atomic E-state index is 13.4. The Morgan fingerprint density at radius 3 is 2.89 bits per heavy atom. The van der Waals surface area contributed by atoms with Crippen molar-refractivity contribution in [2.75, 3.05) is 46.0 Å². The zero-order valence-corrected chi connectivity index (χ0v) is 20.5. The van der Waals surface area contributed by atoms with E-state index in [0.29, 0.717) is 32.8 Å². The minimum absolute atomic E-state index is 0.0843. The lowest BCUT2D eigenvalue weighted by Crippen LogP contribution is -2.51. The van der Waals surface area contributed by atoms with E-state index >= 15 is 0 Å². The number of aromatic amines is 1. The van der Waals surface area contributed by atoms with Gasteiger partial charge in [0.05, 0.1) is 32.0 Å². The molecule has 0 bridgehead atoms. The van der Waals surface area contributed by atoms with E-state index in [0.717, 1.165) is 42.7 Å². The number of carbonyl (C=O) groups is 1. The van der Waals surface area contributed by atoms with E-state index in [9.17, 15) is 4.79 Å². The number of benzene rings is 1. The zero-order chi connectivity index (χ0) is 23.9. The van der Waals surface area contributed by atoms with Crippen molar-refractivity contribution in [3.05, 3.63) is 52.8 Å². The van der Waals surface area contributed by atoms with Crippen LogP contribution in [0, 0.1) is 6.92 Å². The Labute approximate surface area is 205 Å². The monoisotopic (exact) mass is 475 g/mol. The SMILES string of the molecule is Cc1c[nH]c2ncc(-c3cc4c(c(C5COCCN5)c3)CN(C(=O)N3CCOC(C)C3)CC4)cc12. The Morgan fingerprint density at radius 2 is 2.06 bits per heavy atom. The van der Waals surface area contributed by atoms with Crippen molar-refractivity contribution < 1.29 is 14.3 Å². The maximum absolute atomic E-state index is 13.4. The molecule has 2 fully saturated rings. The molecule has 8 heteroatoms. The number of urea groups is 1. The molecule has 0 spiro atoms. The van der Waals surface area contributed by atoms with Gasteiger partial charge in [0.2, 0.25) is 0 Å². The van der Waals surface area contributed by atoms with Gasteiger partial charge < -0.3 is 29.6 Å². The topological polar surface area (TPSA) is 82.7 Å². The highest BCUT2D eigenvalue weighted by atomic mass is 16.5. The van der Waals surface area contributed by atoms with Gasteiger partial charge in [-0.2, -0.15) is 0 Å². The highest BCUT2D eigenvalue weighted by Gasteiger charge is 2.31. The standard InChI is InChI=1S/C27H33N5O3/c1-17-12-29-26-22(17)11-21(13-30-26)20-9-19-3-5-31(27(33)32-6-8-35-18(2)14-32)15-24(19)23(10-20)25-16-34-7-4-28-25/h9-13,18,25,28H,3-8,14-16H2,1-2H3,(H,29,30). The van der Waals surface area contributed by atoms with Crippen molar-refractivity contribution in [2.45, 2.75) is 39.0 Å². The highest BCUT2D eigenvalue weighted by molar-refractivity contribution is 5.84. The molecule has 35 heavy (non-hydrogen) atoms. The summed E-state index contributed by atoms with van der Waals surface area (Å²) in [6, 6.07) is 7.03. The van der Waals surface area contributed by atoms with Crippen molar-refractivity contribution in [3.63, 3.8) is 0 Å². The summed E-state index contributed by atoms with van der Waals surface area (Å²) in [5.41, 5.74) is 8.19. The number of fused-ring (bicyclic) bond motifs is 2. The predicted octanol–water partition coefficient (Wildman–Crippen LogP) is 3.40. The van der Waals surface area contributed by atoms with Gasteiger partial charge in [0.15, 0.2) is 0 Å². The predicted molar refractivity (Wildman–Crippen MR) is 134 cm³/mol. The van der Waals surface area contributed by atoms with Crippen LogP contribution in [-0.4, -0.2) is 77.9 Å². The minimum Gasteiger partial charge on any atom is -0.378 e. The number of rotatable bonds is 2. The molecule has 8 nitrogen and oxygen atoms in total. The molecule has 5 heterocycles. The van der Waals surface area contributed by atoms with Gasteiger partial charge in [0.25, 0.3) is 0 Å². The second-order valence-electron chi connectivity index (χ2n) is 9.96. The summed E-state index contributed by atoms with van der Waals surface area (Å²) in [5.74, 6) is 0. The molecule has 3 aliphatic rings. The van der Waals surface area contributed by atoms with Crippen LogP contribution in [0.15, 0.2) is 30.6 Å². The minimum atomic E-state index is 0.0843. The molecule has 2 atom stereocenters. The summed E-state index contributed by atoms with van der Waals surface area (Å²) in [6.45, 7) is 9.59. The fourth-order valence-corrected chi connectivity index (χ4v) is 5.59. The summed E-state index contributed by atoms with van der Waals surface area (Å²) >= 11 is 0. The van der Waals surface area contributed by atoms with Gasteiger partial charge in [-0.15, -0.1) is 0 Å². The molecule has 2 aromatic heterocycles. The normalized spacial score (nSPS) is 22.9. The number of amides is 2. The molecule has 2 amide bonds. The van der Waals surface area contributed by atoms with E-state index in [1.165, 1.54) is 27.8 Å². The van der Waals surface area contributed by atoms with E-state index in [1.807, 2.05) is 29.1 Å². The van der Waals surface area contributed by atoms with Gasteiger partial charge in [-0.25, -0.2) is 9.78 Å². The van der Waals surface area contributed by atoms with Crippen molar-refractivity contribution >= 4 is 17.1 Å². The fourth-order valence-electron chi connectivity index (χ4n) is 5.59. The quantitative estimate of drug-likeness (QED) is 0.594. The molecule has 0 radical (unpaired) electrons. The van der Waals surface area contributed by atoms with E-state index in [1.54, 1.807) is 0 Å². The Kier molecular flexibility index (Phi) is 5.96. The van der Waals surface area contributed by atoms with Crippen LogP contribution in [0.3, 0.4) is 0 Å². The molecule has 6 rings (SSSR count). The first kappa shape index (κ1) is 22.5. The molecular weight excluding hydrogens is 442 g/mol. The Morgan fingerprint density at radius 1 is 1.14 bits per heavy atom. The molecule has 3 aliphatic heterocycles. The number of ether oxygens (including phenoxy) is 2. The molecule has 3 aromatic rings. The first-order valence-corrected chi connectivity index (χ1v) is 12.6. The summed E-state index contributed by atoms with van der Waals surface area (Å²) in [5, 5.41) is 4.79. The van der Waals surface area contributed by atoms with Gasteiger partial charge >= 0.3 is 6.03 Å². The van der Waals surface area contributed by atoms with E-state index in [-0.39, 0.29) is 18.2 Å². The molecule has 2 saturated heterocycles. The third kappa shape index (κ3) is 4.30. The lowest BCUT2D eigenvalue weighted by atomic mass is 9.87. The van der Waals surface area contributed by atoms with Crippen LogP contribution in [-0.2, 0) is 22.4 Å². The van der Waals surface area contributed by atoms with E-state index in [4.69, 9.17) is 9.47 Å². The molecule has 2 unspecified atom stereocenters. The lowest BCUT2D eigenvalue weighted by molar-refractivity contribution is -0.00977. The number of nitrogens with one attached hydrogen (secondary N) is 2. The average molecular weight is 476 g/mol. The summed E-state index contributed by atoms with van der Waals surface area (Å²) < 4.78 is 11.5. The largest absolute Gasteiger partial charge is 0.378 e. The van der Waals surface area contributed by atoms with Crippen LogP contribution < -0.4 is 5.32 Å². The van der Waals surface area contributed by atoms with Crippen LogP contribution >= 0.6 is 0 Å². The van der Waals surface area contributed by atoms with Crippen LogP contribution in [0.25, 0.3) is 22.2 Å². The zero-order valence-electron chi connectivity index (χ0n) is 20.5. The molecule has 0 saturated carbocycles. The molecule has 184 valence electrons. The number of nitrogens with zero attached hydrogens (tertiary/aromatic N) is 3. The van der Waals surface area contributed by atoms with Crippen LogP contribution in [0.1, 0.15) is 35.2 Å². The second-order valence-corrected chi connectivity index (χ2v) is 9.96. The van der Waals surface area contributed by atoms with Crippen LogP contribution in [0.5, 0.6) is 0 Å². The fraction of sp³-hybridized carbons (Fsp3) is 0.481.